The molecule has 0 aromatic carbocycles. The lowest BCUT2D eigenvalue weighted by molar-refractivity contribution is -0.124. The predicted molar refractivity (Wildman–Crippen MR) is 83.7 cm³/mol. The van der Waals surface area contributed by atoms with Gasteiger partial charge in [0.25, 0.3) is 0 Å². The van der Waals surface area contributed by atoms with Gasteiger partial charge in [0.2, 0.25) is 5.91 Å². The number of carbonyl (C=O) groups excluding carboxylic acids is 1. The van der Waals surface area contributed by atoms with Crippen LogP contribution in [0.15, 0.2) is 12.7 Å². The Morgan fingerprint density at radius 2 is 2.04 bits per heavy atom. The second-order valence-electron chi connectivity index (χ2n) is 6.41. The van der Waals surface area contributed by atoms with E-state index in [2.05, 4.69) is 15.4 Å². The fourth-order valence-corrected chi connectivity index (χ4v) is 3.58. The predicted octanol–water partition coefficient (Wildman–Crippen LogP) is 1.01. The number of hydrogen-bond acceptors (Lipinski definition) is 5. The molecule has 0 spiro atoms. The van der Waals surface area contributed by atoms with Crippen molar-refractivity contribution in [2.75, 3.05) is 26.4 Å². The first-order valence-corrected chi connectivity index (χ1v) is 8.60. The molecule has 1 amide bonds. The summed E-state index contributed by atoms with van der Waals surface area (Å²) in [6.07, 6.45) is 7.56. The summed E-state index contributed by atoms with van der Waals surface area (Å²) in [6.45, 7) is 3.89. The van der Waals surface area contributed by atoms with Gasteiger partial charge >= 0.3 is 0 Å². The maximum Gasteiger partial charge on any atom is 0.220 e. The number of ether oxygens (including phenoxy) is 2. The molecule has 2 fully saturated rings. The molecule has 128 valence electrons. The van der Waals surface area contributed by atoms with Crippen molar-refractivity contribution in [2.45, 2.75) is 44.7 Å². The minimum Gasteiger partial charge on any atom is -0.381 e. The molecule has 0 saturated carbocycles. The number of aryl methyl sites for hydroxylation is 1. The van der Waals surface area contributed by atoms with Gasteiger partial charge in [-0.05, 0) is 31.6 Å². The van der Waals surface area contributed by atoms with E-state index in [-0.39, 0.29) is 11.9 Å². The van der Waals surface area contributed by atoms with Crippen molar-refractivity contribution in [2.24, 2.45) is 11.8 Å². The largest absolute Gasteiger partial charge is 0.381 e. The SMILES string of the molecule is O=C(CCCn1cncn1)N[C@@H]1CCOC[C@@H]1C1CCOCC1. The van der Waals surface area contributed by atoms with Crippen molar-refractivity contribution in [3.8, 4) is 0 Å². The van der Waals surface area contributed by atoms with E-state index in [4.69, 9.17) is 9.47 Å². The average Bonchev–Trinajstić information content (AvgIpc) is 3.09. The number of nitrogens with one attached hydrogen (secondary N) is 1. The third-order valence-electron chi connectivity index (χ3n) is 4.88. The normalized spacial score (nSPS) is 26.1. The fourth-order valence-electron chi connectivity index (χ4n) is 3.58. The van der Waals surface area contributed by atoms with Gasteiger partial charge in [-0.3, -0.25) is 9.48 Å². The summed E-state index contributed by atoms with van der Waals surface area (Å²) in [4.78, 5) is 16.1. The maximum atomic E-state index is 12.2. The van der Waals surface area contributed by atoms with Crippen LogP contribution >= 0.6 is 0 Å². The first-order chi connectivity index (χ1) is 11.3. The molecule has 3 heterocycles. The molecule has 7 heteroatoms. The smallest absolute Gasteiger partial charge is 0.220 e. The summed E-state index contributed by atoms with van der Waals surface area (Å²) >= 11 is 0. The van der Waals surface area contributed by atoms with Crippen LogP contribution in [-0.2, 0) is 20.8 Å². The highest BCUT2D eigenvalue weighted by Gasteiger charge is 2.34. The van der Waals surface area contributed by atoms with E-state index < -0.39 is 0 Å². The Bertz CT molecular complexity index is 474. The maximum absolute atomic E-state index is 12.2. The van der Waals surface area contributed by atoms with Crippen LogP contribution in [0.25, 0.3) is 0 Å². The monoisotopic (exact) mass is 322 g/mol. The van der Waals surface area contributed by atoms with Gasteiger partial charge in [0.05, 0.1) is 6.61 Å². The fraction of sp³-hybridized carbons (Fsp3) is 0.812. The summed E-state index contributed by atoms with van der Waals surface area (Å²) in [5, 5.41) is 7.29. The van der Waals surface area contributed by atoms with Crippen LogP contribution in [0, 0.1) is 11.8 Å². The highest BCUT2D eigenvalue weighted by atomic mass is 16.5. The Morgan fingerprint density at radius 3 is 2.83 bits per heavy atom. The van der Waals surface area contributed by atoms with Crippen molar-refractivity contribution >= 4 is 5.91 Å². The lowest BCUT2D eigenvalue weighted by Crippen LogP contribution is -2.49. The third kappa shape index (κ3) is 4.75. The molecule has 7 nitrogen and oxygen atoms in total. The van der Waals surface area contributed by atoms with Crippen LogP contribution in [-0.4, -0.2) is 53.1 Å². The molecule has 2 aliphatic rings. The first kappa shape index (κ1) is 16.4. The van der Waals surface area contributed by atoms with Crippen molar-refractivity contribution in [1.29, 1.82) is 0 Å². The molecule has 3 rings (SSSR count). The Kier molecular flexibility index (Phi) is 5.99. The van der Waals surface area contributed by atoms with Crippen molar-refractivity contribution in [3.63, 3.8) is 0 Å². The highest BCUT2D eigenvalue weighted by Crippen LogP contribution is 2.30. The second-order valence-corrected chi connectivity index (χ2v) is 6.41. The number of hydrogen-bond donors (Lipinski definition) is 1. The summed E-state index contributed by atoms with van der Waals surface area (Å²) in [5.74, 6) is 1.16. The molecule has 2 saturated heterocycles. The van der Waals surface area contributed by atoms with Crippen LogP contribution in [0.3, 0.4) is 0 Å². The van der Waals surface area contributed by atoms with Gasteiger partial charge in [-0.15, -0.1) is 0 Å². The molecule has 23 heavy (non-hydrogen) atoms. The molecule has 2 aliphatic heterocycles. The molecule has 0 unspecified atom stereocenters. The van der Waals surface area contributed by atoms with Crippen LogP contribution in [0.4, 0.5) is 0 Å². The van der Waals surface area contributed by atoms with E-state index in [1.807, 2.05) is 0 Å². The molecular weight excluding hydrogens is 296 g/mol. The van der Waals surface area contributed by atoms with Gasteiger partial charge in [-0.1, -0.05) is 0 Å². The third-order valence-corrected chi connectivity index (χ3v) is 4.88. The van der Waals surface area contributed by atoms with E-state index in [1.165, 1.54) is 6.33 Å². The Morgan fingerprint density at radius 1 is 1.22 bits per heavy atom. The summed E-state index contributed by atoms with van der Waals surface area (Å²) in [5.41, 5.74) is 0. The number of rotatable bonds is 6. The van der Waals surface area contributed by atoms with E-state index in [0.717, 1.165) is 58.7 Å². The van der Waals surface area contributed by atoms with Crippen LogP contribution in [0.2, 0.25) is 0 Å². The van der Waals surface area contributed by atoms with E-state index in [0.29, 0.717) is 18.3 Å². The zero-order valence-corrected chi connectivity index (χ0v) is 13.5. The van der Waals surface area contributed by atoms with E-state index in [9.17, 15) is 4.79 Å². The lowest BCUT2D eigenvalue weighted by Gasteiger charge is -2.39. The minimum absolute atomic E-state index is 0.133. The van der Waals surface area contributed by atoms with Crippen molar-refractivity contribution in [3.05, 3.63) is 12.7 Å². The molecule has 1 aromatic heterocycles. The molecule has 1 N–H and O–H groups in total. The van der Waals surface area contributed by atoms with Gasteiger partial charge in [-0.25, -0.2) is 4.98 Å². The molecule has 1 aromatic rings. The standard InChI is InChI=1S/C16H26N4O3/c21-16(2-1-6-20-12-17-11-18-20)19-15-5-9-23-10-14(15)13-3-7-22-8-4-13/h11-15H,1-10H2,(H,19,21)/t14-,15-/m1/s1. The second kappa shape index (κ2) is 8.40. The van der Waals surface area contributed by atoms with Gasteiger partial charge in [-0.2, -0.15) is 5.10 Å². The minimum atomic E-state index is 0.133. The average molecular weight is 322 g/mol. The molecular formula is C16H26N4O3. The summed E-state index contributed by atoms with van der Waals surface area (Å²) in [6, 6.07) is 0.241. The van der Waals surface area contributed by atoms with Crippen LogP contribution < -0.4 is 5.32 Å². The van der Waals surface area contributed by atoms with Crippen molar-refractivity contribution < 1.29 is 14.3 Å². The first-order valence-electron chi connectivity index (χ1n) is 8.60. The number of nitrogens with zero attached hydrogens (tertiary/aromatic N) is 3. The zero-order chi connectivity index (χ0) is 15.9. The number of aromatic nitrogens is 3. The van der Waals surface area contributed by atoms with Gasteiger partial charge < -0.3 is 14.8 Å². The summed E-state index contributed by atoms with van der Waals surface area (Å²) < 4.78 is 12.9. The number of amides is 1. The van der Waals surface area contributed by atoms with Crippen LogP contribution in [0.5, 0.6) is 0 Å². The Labute approximate surface area is 136 Å². The van der Waals surface area contributed by atoms with E-state index >= 15 is 0 Å². The van der Waals surface area contributed by atoms with Crippen LogP contribution in [0.1, 0.15) is 32.1 Å². The quantitative estimate of drug-likeness (QED) is 0.845. The van der Waals surface area contributed by atoms with Gasteiger partial charge in [0.1, 0.15) is 12.7 Å². The summed E-state index contributed by atoms with van der Waals surface area (Å²) in [7, 11) is 0. The van der Waals surface area contributed by atoms with Gasteiger partial charge in [0, 0.05) is 44.7 Å². The number of carbonyl (C=O) groups is 1. The van der Waals surface area contributed by atoms with Gasteiger partial charge in [0.15, 0.2) is 0 Å². The Balaban J connectivity index is 1.45. The Hall–Kier alpha value is -1.47. The lowest BCUT2D eigenvalue weighted by atomic mass is 9.79. The zero-order valence-electron chi connectivity index (χ0n) is 13.5. The molecule has 0 bridgehead atoms. The topological polar surface area (TPSA) is 78.3 Å². The molecule has 2 atom stereocenters. The molecule has 0 radical (unpaired) electrons. The van der Waals surface area contributed by atoms with E-state index in [1.54, 1.807) is 11.0 Å². The highest BCUT2D eigenvalue weighted by molar-refractivity contribution is 5.76. The molecule has 0 aliphatic carbocycles. The van der Waals surface area contributed by atoms with Crippen molar-refractivity contribution in [1.82, 2.24) is 20.1 Å².